The van der Waals surface area contributed by atoms with Crippen molar-refractivity contribution >= 4 is 5.91 Å². The average molecular weight is 326 g/mol. The summed E-state index contributed by atoms with van der Waals surface area (Å²) in [5.74, 6) is 0.242. The van der Waals surface area contributed by atoms with Crippen LogP contribution in [0.5, 0.6) is 0 Å². The summed E-state index contributed by atoms with van der Waals surface area (Å²) in [4.78, 5) is 17.6. The molecule has 5 nitrogen and oxygen atoms in total. The first-order valence-corrected chi connectivity index (χ1v) is 9.40. The number of piperidine rings is 2. The second kappa shape index (κ2) is 5.83. The van der Waals surface area contributed by atoms with Gasteiger partial charge in [0.2, 0.25) is 0 Å². The molecular weight excluding hydrogens is 300 g/mol. The predicted molar refractivity (Wildman–Crippen MR) is 92.8 cm³/mol. The second-order valence-electron chi connectivity index (χ2n) is 7.75. The van der Waals surface area contributed by atoms with Crippen molar-refractivity contribution in [2.75, 3.05) is 26.2 Å². The molecule has 1 aromatic carbocycles. The average Bonchev–Trinajstić information content (AvgIpc) is 2.98. The summed E-state index contributed by atoms with van der Waals surface area (Å²) in [7, 11) is 0. The van der Waals surface area contributed by atoms with E-state index in [1.165, 1.54) is 24.0 Å². The van der Waals surface area contributed by atoms with Crippen LogP contribution in [-0.2, 0) is 13.1 Å². The van der Waals surface area contributed by atoms with E-state index < -0.39 is 0 Å². The molecule has 3 fully saturated rings. The minimum Gasteiger partial charge on any atom is -0.330 e. The van der Waals surface area contributed by atoms with Gasteiger partial charge in [-0.1, -0.05) is 12.1 Å². The number of nitrogens with zero attached hydrogens (tertiary/aromatic N) is 2. The van der Waals surface area contributed by atoms with Crippen molar-refractivity contribution in [2.24, 2.45) is 0 Å². The van der Waals surface area contributed by atoms with Crippen molar-refractivity contribution in [3.63, 3.8) is 0 Å². The lowest BCUT2D eigenvalue weighted by Gasteiger charge is -2.53. The Morgan fingerprint density at radius 1 is 1.08 bits per heavy atom. The maximum absolute atomic E-state index is 12.9. The van der Waals surface area contributed by atoms with Gasteiger partial charge in [-0.05, 0) is 43.0 Å². The normalized spacial score (nSPS) is 32.6. The van der Waals surface area contributed by atoms with E-state index in [2.05, 4.69) is 32.6 Å². The molecule has 2 N–H and O–H groups in total. The van der Waals surface area contributed by atoms with E-state index in [4.69, 9.17) is 0 Å². The Balaban J connectivity index is 1.38. The summed E-state index contributed by atoms with van der Waals surface area (Å²) in [5.41, 5.74) is 3.59. The smallest absolute Gasteiger partial charge is 0.254 e. The monoisotopic (exact) mass is 326 g/mol. The molecule has 0 aliphatic carbocycles. The van der Waals surface area contributed by atoms with E-state index in [0.29, 0.717) is 18.1 Å². The summed E-state index contributed by atoms with van der Waals surface area (Å²) >= 11 is 0. The number of fused-ring (bicyclic) bond motifs is 3. The van der Waals surface area contributed by atoms with Crippen molar-refractivity contribution in [3.8, 4) is 0 Å². The molecule has 0 aromatic heterocycles. The third-order valence-electron chi connectivity index (χ3n) is 6.40. The lowest BCUT2D eigenvalue weighted by Crippen LogP contribution is -2.67. The number of amides is 1. The van der Waals surface area contributed by atoms with Gasteiger partial charge in [-0.25, -0.2) is 0 Å². The molecule has 3 atom stereocenters. The van der Waals surface area contributed by atoms with Crippen LogP contribution in [0.15, 0.2) is 18.2 Å². The van der Waals surface area contributed by atoms with E-state index in [9.17, 15) is 4.79 Å². The maximum Gasteiger partial charge on any atom is 0.254 e. The van der Waals surface area contributed by atoms with E-state index >= 15 is 0 Å². The van der Waals surface area contributed by atoms with Crippen LogP contribution in [-0.4, -0.2) is 60.0 Å². The van der Waals surface area contributed by atoms with Gasteiger partial charge in [0.15, 0.2) is 0 Å². The SMILES string of the molecule is O=C1c2cccc(CN3C4CNCC3C4)c2CN1C1CCCNC1. The van der Waals surface area contributed by atoms with Crippen LogP contribution in [0.4, 0.5) is 0 Å². The number of carbonyl (C=O) groups is 1. The Kier molecular flexibility index (Phi) is 3.61. The van der Waals surface area contributed by atoms with E-state index in [0.717, 1.165) is 51.3 Å². The van der Waals surface area contributed by atoms with E-state index in [-0.39, 0.29) is 5.91 Å². The fourth-order valence-electron chi connectivity index (χ4n) is 4.98. The van der Waals surface area contributed by atoms with Crippen LogP contribution in [0.3, 0.4) is 0 Å². The molecule has 128 valence electrons. The van der Waals surface area contributed by atoms with Crippen molar-refractivity contribution in [1.82, 2.24) is 20.4 Å². The van der Waals surface area contributed by atoms with Crippen molar-refractivity contribution in [1.29, 1.82) is 0 Å². The Bertz CT molecular complexity index is 641. The number of hydrogen-bond donors (Lipinski definition) is 2. The van der Waals surface area contributed by atoms with E-state index in [1.807, 2.05) is 6.07 Å². The van der Waals surface area contributed by atoms with Crippen molar-refractivity contribution in [2.45, 2.75) is 50.5 Å². The van der Waals surface area contributed by atoms with E-state index in [1.54, 1.807) is 0 Å². The van der Waals surface area contributed by atoms with Gasteiger partial charge in [0.25, 0.3) is 5.91 Å². The summed E-state index contributed by atoms with van der Waals surface area (Å²) in [6.45, 7) is 6.07. The number of rotatable bonds is 3. The quantitative estimate of drug-likeness (QED) is 0.868. The van der Waals surface area contributed by atoms with Gasteiger partial charge in [0, 0.05) is 56.4 Å². The number of piperazine rings is 1. The molecule has 1 amide bonds. The van der Waals surface area contributed by atoms with Crippen LogP contribution in [0.1, 0.15) is 40.7 Å². The Morgan fingerprint density at radius 2 is 1.92 bits per heavy atom. The highest BCUT2D eigenvalue weighted by molar-refractivity contribution is 5.99. The third-order valence-corrected chi connectivity index (χ3v) is 6.40. The highest BCUT2D eigenvalue weighted by atomic mass is 16.2. The molecule has 4 aliphatic rings. The zero-order valence-corrected chi connectivity index (χ0v) is 14.1. The van der Waals surface area contributed by atoms with Crippen molar-refractivity contribution < 1.29 is 4.79 Å². The van der Waals surface area contributed by atoms with Crippen molar-refractivity contribution in [3.05, 3.63) is 34.9 Å². The summed E-state index contributed by atoms with van der Waals surface area (Å²) in [6.07, 6.45) is 3.63. The largest absolute Gasteiger partial charge is 0.330 e. The molecule has 5 heteroatoms. The fourth-order valence-corrected chi connectivity index (χ4v) is 4.98. The standard InChI is InChI=1S/C19H26N4O/c24-19-17-5-1-3-13(11-22-15-7-16(22)10-21-9-15)18(17)12-23(19)14-4-2-6-20-8-14/h1,3,5,14-16,20-21H,2,4,6-12H2. The third kappa shape index (κ3) is 2.30. The summed E-state index contributed by atoms with van der Waals surface area (Å²) in [6, 6.07) is 8.07. The maximum atomic E-state index is 12.9. The topological polar surface area (TPSA) is 47.6 Å². The molecule has 2 bridgehead atoms. The van der Waals surface area contributed by atoms with Gasteiger partial charge in [-0.3, -0.25) is 9.69 Å². The molecule has 24 heavy (non-hydrogen) atoms. The Morgan fingerprint density at radius 3 is 2.67 bits per heavy atom. The Hall–Kier alpha value is -1.43. The summed E-state index contributed by atoms with van der Waals surface area (Å²) < 4.78 is 0. The highest BCUT2D eigenvalue weighted by Crippen LogP contribution is 2.34. The van der Waals surface area contributed by atoms with Gasteiger partial charge >= 0.3 is 0 Å². The van der Waals surface area contributed by atoms with Crippen LogP contribution >= 0.6 is 0 Å². The molecular formula is C19H26N4O. The molecule has 0 saturated carbocycles. The zero-order valence-electron chi connectivity index (χ0n) is 14.1. The molecule has 4 heterocycles. The first-order valence-electron chi connectivity index (χ1n) is 9.40. The second-order valence-corrected chi connectivity index (χ2v) is 7.75. The van der Waals surface area contributed by atoms with Crippen LogP contribution in [0.2, 0.25) is 0 Å². The fraction of sp³-hybridized carbons (Fsp3) is 0.632. The molecule has 0 radical (unpaired) electrons. The predicted octanol–water partition coefficient (Wildman–Crippen LogP) is 0.940. The number of hydrogen-bond acceptors (Lipinski definition) is 4. The summed E-state index contributed by atoms with van der Waals surface area (Å²) in [5, 5.41) is 6.94. The molecule has 3 saturated heterocycles. The highest BCUT2D eigenvalue weighted by Gasteiger charge is 2.42. The van der Waals surface area contributed by atoms with Gasteiger partial charge in [0.1, 0.15) is 0 Å². The molecule has 3 unspecified atom stereocenters. The number of benzene rings is 1. The van der Waals surface area contributed by atoms with Crippen LogP contribution in [0.25, 0.3) is 0 Å². The van der Waals surface area contributed by atoms with Gasteiger partial charge in [-0.2, -0.15) is 0 Å². The number of carbonyl (C=O) groups excluding carboxylic acids is 1. The molecule has 5 rings (SSSR count). The van der Waals surface area contributed by atoms with Gasteiger partial charge < -0.3 is 15.5 Å². The Labute approximate surface area is 143 Å². The van der Waals surface area contributed by atoms with Gasteiger partial charge in [0.05, 0.1) is 0 Å². The first kappa shape index (κ1) is 14.9. The molecule has 4 aliphatic heterocycles. The molecule has 1 aromatic rings. The van der Waals surface area contributed by atoms with Gasteiger partial charge in [-0.15, -0.1) is 0 Å². The molecule has 0 spiro atoms. The van der Waals surface area contributed by atoms with Crippen LogP contribution < -0.4 is 10.6 Å². The lowest BCUT2D eigenvalue weighted by molar-refractivity contribution is -0.0209. The first-order chi connectivity index (χ1) is 11.8. The van der Waals surface area contributed by atoms with Crippen LogP contribution in [0, 0.1) is 0 Å². The zero-order chi connectivity index (χ0) is 16.1. The lowest BCUT2D eigenvalue weighted by atomic mass is 9.87. The minimum absolute atomic E-state index is 0.242. The number of nitrogens with one attached hydrogen (secondary N) is 2. The minimum atomic E-state index is 0.242.